The molecule has 3 nitrogen and oxygen atoms in total. The van der Waals surface area contributed by atoms with Gasteiger partial charge in [0, 0.05) is 12.2 Å². The Morgan fingerprint density at radius 3 is 2.62 bits per heavy atom. The summed E-state index contributed by atoms with van der Waals surface area (Å²) in [7, 11) is 0. The molecule has 0 amide bonds. The average molecular weight is 281 g/mol. The summed E-state index contributed by atoms with van der Waals surface area (Å²) >= 11 is 0. The number of hydrogen-bond donors (Lipinski definition) is 2. The SMILES string of the molecule is Cc1ncc(-c2ccc(NCc3cccc(F)c3)cc2)[nH]1. The second-order valence-corrected chi connectivity index (χ2v) is 4.94. The van der Waals surface area contributed by atoms with Crippen molar-refractivity contribution in [2.24, 2.45) is 0 Å². The molecule has 106 valence electrons. The van der Waals surface area contributed by atoms with Crippen LogP contribution >= 0.6 is 0 Å². The lowest BCUT2D eigenvalue weighted by molar-refractivity contribution is 0.626. The van der Waals surface area contributed by atoms with Crippen molar-refractivity contribution in [3.05, 3.63) is 71.9 Å². The van der Waals surface area contributed by atoms with Gasteiger partial charge in [-0.1, -0.05) is 24.3 Å². The lowest BCUT2D eigenvalue weighted by Crippen LogP contribution is -1.99. The van der Waals surface area contributed by atoms with Crippen molar-refractivity contribution in [2.45, 2.75) is 13.5 Å². The van der Waals surface area contributed by atoms with Gasteiger partial charge < -0.3 is 10.3 Å². The van der Waals surface area contributed by atoms with Crippen LogP contribution in [0.1, 0.15) is 11.4 Å². The fourth-order valence-electron chi connectivity index (χ4n) is 2.19. The minimum absolute atomic E-state index is 0.209. The summed E-state index contributed by atoms with van der Waals surface area (Å²) in [5, 5.41) is 3.28. The second kappa shape index (κ2) is 5.79. The van der Waals surface area contributed by atoms with Crippen molar-refractivity contribution in [2.75, 3.05) is 5.32 Å². The number of aryl methyl sites for hydroxylation is 1. The largest absolute Gasteiger partial charge is 0.381 e. The Balaban J connectivity index is 1.67. The maximum atomic E-state index is 13.1. The quantitative estimate of drug-likeness (QED) is 0.754. The standard InChI is InChI=1S/C17H16FN3/c1-12-19-11-17(21-12)14-5-7-16(8-6-14)20-10-13-3-2-4-15(18)9-13/h2-9,11,20H,10H2,1H3,(H,19,21). The van der Waals surface area contributed by atoms with E-state index in [1.807, 2.05) is 43.5 Å². The van der Waals surface area contributed by atoms with Crippen molar-refractivity contribution in [3.8, 4) is 11.3 Å². The maximum absolute atomic E-state index is 13.1. The zero-order valence-electron chi connectivity index (χ0n) is 11.7. The van der Waals surface area contributed by atoms with E-state index < -0.39 is 0 Å². The van der Waals surface area contributed by atoms with Crippen LogP contribution in [0.3, 0.4) is 0 Å². The highest BCUT2D eigenvalue weighted by atomic mass is 19.1. The molecule has 2 aromatic carbocycles. The van der Waals surface area contributed by atoms with Crippen molar-refractivity contribution in [1.29, 1.82) is 0 Å². The molecule has 1 aromatic heterocycles. The van der Waals surface area contributed by atoms with Crippen LogP contribution in [-0.2, 0) is 6.54 Å². The Bertz CT molecular complexity index is 732. The Morgan fingerprint density at radius 2 is 1.95 bits per heavy atom. The number of imidazole rings is 1. The first kappa shape index (κ1) is 13.4. The Labute approximate surface area is 122 Å². The van der Waals surface area contributed by atoms with Crippen LogP contribution in [0, 0.1) is 12.7 Å². The van der Waals surface area contributed by atoms with Crippen molar-refractivity contribution < 1.29 is 4.39 Å². The van der Waals surface area contributed by atoms with Gasteiger partial charge in [0.25, 0.3) is 0 Å². The maximum Gasteiger partial charge on any atom is 0.123 e. The van der Waals surface area contributed by atoms with E-state index in [0.717, 1.165) is 28.3 Å². The molecule has 3 aromatic rings. The Morgan fingerprint density at radius 1 is 1.14 bits per heavy atom. The van der Waals surface area contributed by atoms with E-state index in [9.17, 15) is 4.39 Å². The number of anilines is 1. The number of aromatic nitrogens is 2. The first-order chi connectivity index (χ1) is 10.2. The number of rotatable bonds is 4. The van der Waals surface area contributed by atoms with Gasteiger partial charge in [0.15, 0.2) is 0 Å². The van der Waals surface area contributed by atoms with Gasteiger partial charge in [-0.15, -0.1) is 0 Å². The van der Waals surface area contributed by atoms with Gasteiger partial charge in [-0.05, 0) is 42.3 Å². The number of benzene rings is 2. The summed E-state index contributed by atoms with van der Waals surface area (Å²) in [6.45, 7) is 2.53. The lowest BCUT2D eigenvalue weighted by Gasteiger charge is -2.07. The molecule has 1 heterocycles. The molecule has 0 atom stereocenters. The first-order valence-electron chi connectivity index (χ1n) is 6.81. The lowest BCUT2D eigenvalue weighted by atomic mass is 10.1. The Kier molecular flexibility index (Phi) is 3.69. The van der Waals surface area contributed by atoms with Gasteiger partial charge in [-0.3, -0.25) is 0 Å². The molecule has 0 unspecified atom stereocenters. The molecule has 0 saturated carbocycles. The molecule has 3 rings (SSSR count). The monoisotopic (exact) mass is 281 g/mol. The molecular weight excluding hydrogens is 265 g/mol. The molecule has 0 spiro atoms. The van der Waals surface area contributed by atoms with Crippen molar-refractivity contribution >= 4 is 5.69 Å². The molecule has 4 heteroatoms. The summed E-state index contributed by atoms with van der Waals surface area (Å²) in [6.07, 6.45) is 1.82. The third kappa shape index (κ3) is 3.28. The third-order valence-electron chi connectivity index (χ3n) is 3.28. The molecule has 2 N–H and O–H groups in total. The van der Waals surface area contributed by atoms with Crippen LogP contribution in [0.5, 0.6) is 0 Å². The number of hydrogen-bond acceptors (Lipinski definition) is 2. The van der Waals surface area contributed by atoms with Gasteiger partial charge in [-0.25, -0.2) is 9.37 Å². The predicted molar refractivity (Wildman–Crippen MR) is 82.5 cm³/mol. The zero-order chi connectivity index (χ0) is 14.7. The van der Waals surface area contributed by atoms with Gasteiger partial charge in [-0.2, -0.15) is 0 Å². The van der Waals surface area contributed by atoms with E-state index in [2.05, 4.69) is 15.3 Å². The molecule has 21 heavy (non-hydrogen) atoms. The topological polar surface area (TPSA) is 40.7 Å². The molecule has 0 bridgehead atoms. The molecular formula is C17H16FN3. The molecule has 0 saturated heterocycles. The summed E-state index contributed by atoms with van der Waals surface area (Å²) < 4.78 is 13.1. The summed E-state index contributed by atoms with van der Waals surface area (Å²) in [5.41, 5.74) is 4.01. The molecule has 0 fully saturated rings. The summed E-state index contributed by atoms with van der Waals surface area (Å²) in [6, 6.07) is 14.7. The predicted octanol–water partition coefficient (Wildman–Crippen LogP) is 4.14. The highest BCUT2D eigenvalue weighted by Crippen LogP contribution is 2.20. The van der Waals surface area contributed by atoms with E-state index in [0.29, 0.717) is 6.54 Å². The highest BCUT2D eigenvalue weighted by molar-refractivity contribution is 5.62. The summed E-state index contributed by atoms with van der Waals surface area (Å²) in [4.78, 5) is 7.40. The number of H-pyrrole nitrogens is 1. The first-order valence-corrected chi connectivity index (χ1v) is 6.81. The van der Waals surface area contributed by atoms with Crippen LogP contribution in [0.4, 0.5) is 10.1 Å². The van der Waals surface area contributed by atoms with E-state index in [-0.39, 0.29) is 5.82 Å². The van der Waals surface area contributed by atoms with Gasteiger partial charge in [0.2, 0.25) is 0 Å². The smallest absolute Gasteiger partial charge is 0.123 e. The number of nitrogens with zero attached hydrogens (tertiary/aromatic N) is 1. The van der Waals surface area contributed by atoms with Crippen molar-refractivity contribution in [3.63, 3.8) is 0 Å². The van der Waals surface area contributed by atoms with Gasteiger partial charge in [0.05, 0.1) is 11.9 Å². The van der Waals surface area contributed by atoms with Crippen LogP contribution in [0.2, 0.25) is 0 Å². The molecule has 0 radical (unpaired) electrons. The Hall–Kier alpha value is -2.62. The van der Waals surface area contributed by atoms with Gasteiger partial charge >= 0.3 is 0 Å². The highest BCUT2D eigenvalue weighted by Gasteiger charge is 2.01. The zero-order valence-corrected chi connectivity index (χ0v) is 11.7. The molecule has 0 aliphatic rings. The van der Waals surface area contributed by atoms with Crippen LogP contribution in [0.15, 0.2) is 54.7 Å². The average Bonchev–Trinajstić information content (AvgIpc) is 2.92. The van der Waals surface area contributed by atoms with E-state index in [1.54, 1.807) is 6.07 Å². The number of nitrogens with one attached hydrogen (secondary N) is 2. The second-order valence-electron chi connectivity index (χ2n) is 4.94. The fourth-order valence-corrected chi connectivity index (χ4v) is 2.19. The summed E-state index contributed by atoms with van der Waals surface area (Å²) in [5.74, 6) is 0.692. The van der Waals surface area contributed by atoms with Crippen LogP contribution in [-0.4, -0.2) is 9.97 Å². The van der Waals surface area contributed by atoms with E-state index >= 15 is 0 Å². The van der Waals surface area contributed by atoms with Crippen LogP contribution in [0.25, 0.3) is 11.3 Å². The minimum Gasteiger partial charge on any atom is -0.381 e. The fraction of sp³-hybridized carbons (Fsp3) is 0.118. The third-order valence-corrected chi connectivity index (χ3v) is 3.28. The van der Waals surface area contributed by atoms with Crippen molar-refractivity contribution in [1.82, 2.24) is 9.97 Å². The van der Waals surface area contributed by atoms with E-state index in [4.69, 9.17) is 0 Å². The number of halogens is 1. The van der Waals surface area contributed by atoms with Gasteiger partial charge in [0.1, 0.15) is 11.6 Å². The normalized spacial score (nSPS) is 10.6. The molecule has 0 aliphatic carbocycles. The number of aromatic amines is 1. The van der Waals surface area contributed by atoms with E-state index in [1.165, 1.54) is 12.1 Å². The minimum atomic E-state index is -0.209. The molecule has 0 aliphatic heterocycles. The van der Waals surface area contributed by atoms with Crippen LogP contribution < -0.4 is 5.32 Å².